The van der Waals surface area contributed by atoms with Gasteiger partial charge < -0.3 is 15.4 Å². The van der Waals surface area contributed by atoms with Gasteiger partial charge in [0.25, 0.3) is 0 Å². The van der Waals surface area contributed by atoms with Crippen LogP contribution in [0.25, 0.3) is 0 Å². The third kappa shape index (κ3) is 5.31. The topological polar surface area (TPSA) is 97.9 Å². The largest absolute Gasteiger partial charge is 0.454 e. The Morgan fingerprint density at radius 1 is 0.931 bits per heavy atom. The molecule has 0 bridgehead atoms. The molecular weight excluding hydrogens is 371 g/mol. The lowest BCUT2D eigenvalue weighted by atomic mass is 10.1. The number of urea groups is 1. The molecule has 0 radical (unpaired) electrons. The van der Waals surface area contributed by atoms with E-state index >= 15 is 0 Å². The van der Waals surface area contributed by atoms with Crippen LogP contribution in [0.4, 0.5) is 20.6 Å². The Hall–Kier alpha value is -4.36. The van der Waals surface area contributed by atoms with Crippen LogP contribution in [0.3, 0.4) is 0 Å². The quantitative estimate of drug-likeness (QED) is 0.630. The van der Waals surface area contributed by atoms with E-state index in [9.17, 15) is 9.18 Å². The third-order valence-electron chi connectivity index (χ3n) is 3.90. The Bertz CT molecular complexity index is 1100. The summed E-state index contributed by atoms with van der Waals surface area (Å²) in [7, 11) is 0. The molecule has 0 heterocycles. The van der Waals surface area contributed by atoms with Crippen molar-refractivity contribution in [3.8, 4) is 23.6 Å². The molecule has 7 heteroatoms. The van der Waals surface area contributed by atoms with Gasteiger partial charge in [-0.25, -0.2) is 9.18 Å². The van der Waals surface area contributed by atoms with Gasteiger partial charge in [0.05, 0.1) is 24.1 Å². The van der Waals surface area contributed by atoms with E-state index in [1.807, 2.05) is 6.07 Å². The summed E-state index contributed by atoms with van der Waals surface area (Å²) >= 11 is 0. The first-order valence-corrected chi connectivity index (χ1v) is 8.59. The molecule has 0 aromatic heterocycles. The van der Waals surface area contributed by atoms with Gasteiger partial charge in [-0.1, -0.05) is 12.1 Å². The number of carbonyl (C=O) groups excluding carboxylic acids is 1. The first-order valence-electron chi connectivity index (χ1n) is 8.59. The van der Waals surface area contributed by atoms with Gasteiger partial charge in [-0.05, 0) is 54.1 Å². The van der Waals surface area contributed by atoms with Crippen molar-refractivity contribution in [2.75, 3.05) is 10.6 Å². The Kier molecular flexibility index (Phi) is 6.04. The monoisotopic (exact) mass is 386 g/mol. The Morgan fingerprint density at radius 3 is 2.24 bits per heavy atom. The number of benzene rings is 3. The normalized spacial score (nSPS) is 9.76. The predicted molar refractivity (Wildman–Crippen MR) is 106 cm³/mol. The number of rotatable bonds is 5. The maximum atomic E-state index is 14.1. The fraction of sp³-hybridized carbons (Fsp3) is 0.0455. The summed E-state index contributed by atoms with van der Waals surface area (Å²) in [4.78, 5) is 12.2. The van der Waals surface area contributed by atoms with Crippen molar-refractivity contribution in [3.05, 3.63) is 83.7 Å². The second kappa shape index (κ2) is 9.03. The van der Waals surface area contributed by atoms with E-state index in [0.29, 0.717) is 29.1 Å². The van der Waals surface area contributed by atoms with Crippen molar-refractivity contribution in [2.45, 2.75) is 6.42 Å². The van der Waals surface area contributed by atoms with Gasteiger partial charge in [0.1, 0.15) is 5.75 Å². The van der Waals surface area contributed by atoms with E-state index in [1.165, 1.54) is 18.2 Å². The van der Waals surface area contributed by atoms with Crippen molar-refractivity contribution in [1.82, 2.24) is 0 Å². The molecule has 3 rings (SSSR count). The van der Waals surface area contributed by atoms with Gasteiger partial charge >= 0.3 is 6.03 Å². The first-order chi connectivity index (χ1) is 14.1. The van der Waals surface area contributed by atoms with Crippen molar-refractivity contribution in [3.63, 3.8) is 0 Å². The number of nitriles is 2. The molecule has 2 N–H and O–H groups in total. The van der Waals surface area contributed by atoms with Gasteiger partial charge in [0, 0.05) is 17.4 Å². The summed E-state index contributed by atoms with van der Waals surface area (Å²) in [5, 5.41) is 22.8. The summed E-state index contributed by atoms with van der Waals surface area (Å²) in [6, 6.07) is 20.6. The molecule has 0 aliphatic rings. The molecule has 3 aromatic rings. The van der Waals surface area contributed by atoms with Crippen LogP contribution in [0.2, 0.25) is 0 Å². The van der Waals surface area contributed by atoms with Crippen LogP contribution >= 0.6 is 0 Å². The highest BCUT2D eigenvalue weighted by Gasteiger charge is 2.09. The average Bonchev–Trinajstić information content (AvgIpc) is 2.73. The van der Waals surface area contributed by atoms with E-state index in [2.05, 4.69) is 16.7 Å². The van der Waals surface area contributed by atoms with Gasteiger partial charge in [-0.2, -0.15) is 10.5 Å². The van der Waals surface area contributed by atoms with Crippen LogP contribution in [0, 0.1) is 28.5 Å². The molecule has 2 amide bonds. The van der Waals surface area contributed by atoms with E-state index < -0.39 is 11.8 Å². The Morgan fingerprint density at radius 2 is 1.59 bits per heavy atom. The highest BCUT2D eigenvalue weighted by molar-refractivity contribution is 5.99. The van der Waals surface area contributed by atoms with Crippen LogP contribution in [-0.4, -0.2) is 6.03 Å². The second-order valence-corrected chi connectivity index (χ2v) is 5.99. The third-order valence-corrected chi connectivity index (χ3v) is 3.90. The molecular formula is C22H15FN4O2. The fourth-order valence-electron chi connectivity index (χ4n) is 2.47. The lowest BCUT2D eigenvalue weighted by Crippen LogP contribution is -2.19. The molecule has 0 aliphatic carbocycles. The number of anilines is 2. The number of hydrogen-bond acceptors (Lipinski definition) is 4. The summed E-state index contributed by atoms with van der Waals surface area (Å²) < 4.78 is 19.6. The number of carbonyl (C=O) groups is 1. The smallest absolute Gasteiger partial charge is 0.323 e. The van der Waals surface area contributed by atoms with Gasteiger partial charge in [-0.15, -0.1) is 0 Å². The molecule has 0 saturated carbocycles. The van der Waals surface area contributed by atoms with Crippen molar-refractivity contribution < 1.29 is 13.9 Å². The zero-order valence-corrected chi connectivity index (χ0v) is 15.1. The molecule has 0 fully saturated rings. The minimum absolute atomic E-state index is 0.0617. The molecule has 0 aliphatic heterocycles. The molecule has 0 unspecified atom stereocenters. The molecule has 29 heavy (non-hydrogen) atoms. The molecule has 142 valence electrons. The number of nitrogens with zero attached hydrogens (tertiary/aromatic N) is 2. The maximum absolute atomic E-state index is 14.1. The fourth-order valence-corrected chi connectivity index (χ4v) is 2.47. The van der Waals surface area contributed by atoms with Gasteiger partial charge in [0.15, 0.2) is 11.6 Å². The number of ether oxygens (including phenoxy) is 1. The highest BCUT2D eigenvalue weighted by Crippen LogP contribution is 2.27. The van der Waals surface area contributed by atoms with Crippen molar-refractivity contribution in [2.24, 2.45) is 0 Å². The Balaban J connectivity index is 1.66. The van der Waals surface area contributed by atoms with Crippen LogP contribution in [-0.2, 0) is 6.42 Å². The molecule has 0 saturated heterocycles. The van der Waals surface area contributed by atoms with E-state index in [4.69, 9.17) is 15.3 Å². The van der Waals surface area contributed by atoms with Crippen LogP contribution < -0.4 is 15.4 Å². The summed E-state index contributed by atoms with van der Waals surface area (Å²) in [5.41, 5.74) is 2.21. The molecule has 6 nitrogen and oxygen atoms in total. The minimum Gasteiger partial charge on any atom is -0.454 e. The van der Waals surface area contributed by atoms with Crippen LogP contribution in [0.1, 0.15) is 11.1 Å². The van der Waals surface area contributed by atoms with Crippen molar-refractivity contribution in [1.29, 1.82) is 10.5 Å². The summed E-state index contributed by atoms with van der Waals surface area (Å²) in [5.74, 6) is -0.288. The second-order valence-electron chi connectivity index (χ2n) is 5.99. The van der Waals surface area contributed by atoms with Crippen molar-refractivity contribution >= 4 is 17.4 Å². The molecule has 0 spiro atoms. The lowest BCUT2D eigenvalue weighted by Gasteiger charge is -2.11. The van der Waals surface area contributed by atoms with E-state index in [-0.39, 0.29) is 5.75 Å². The zero-order chi connectivity index (χ0) is 20.6. The average molecular weight is 386 g/mol. The first kappa shape index (κ1) is 19.4. The van der Waals surface area contributed by atoms with Crippen LogP contribution in [0.5, 0.6) is 11.5 Å². The Labute approximate surface area is 166 Å². The predicted octanol–water partition coefficient (Wildman–Crippen LogP) is 5.20. The minimum atomic E-state index is -0.589. The molecule has 0 atom stereocenters. The van der Waals surface area contributed by atoms with E-state index in [0.717, 1.165) is 5.56 Å². The summed E-state index contributed by atoms with van der Waals surface area (Å²) in [6.45, 7) is 0. The van der Waals surface area contributed by atoms with Crippen LogP contribution in [0.15, 0.2) is 66.7 Å². The number of nitrogens with one attached hydrogen (secondary N) is 2. The van der Waals surface area contributed by atoms with Gasteiger partial charge in [-0.3, -0.25) is 0 Å². The van der Waals surface area contributed by atoms with E-state index in [1.54, 1.807) is 48.5 Å². The SMILES string of the molecule is N#CCc1ccc(NC(=O)Nc2ccc(F)c(Oc3ccc(C#N)cc3)c2)cc1. The molecule has 3 aromatic carbocycles. The zero-order valence-electron chi connectivity index (χ0n) is 15.1. The van der Waals surface area contributed by atoms with Gasteiger partial charge in [0.2, 0.25) is 0 Å². The maximum Gasteiger partial charge on any atom is 0.323 e. The summed E-state index contributed by atoms with van der Waals surface area (Å²) in [6.07, 6.45) is 0.296. The number of halogens is 1. The number of hydrogen-bond donors (Lipinski definition) is 2. The lowest BCUT2D eigenvalue weighted by molar-refractivity contribution is 0.262. The number of amides is 2. The highest BCUT2D eigenvalue weighted by atomic mass is 19.1. The standard InChI is InChI=1S/C22H15FN4O2/c23-20-10-7-18(13-21(20)29-19-8-3-16(14-25)4-9-19)27-22(28)26-17-5-1-15(2-6-17)11-12-24/h1-10,13H,11H2,(H2,26,27,28).